The fourth-order valence-electron chi connectivity index (χ4n) is 3.05. The second-order valence-electron chi connectivity index (χ2n) is 6.48. The quantitative estimate of drug-likeness (QED) is 0.404. The van der Waals surface area contributed by atoms with Gasteiger partial charge in [-0.25, -0.2) is 9.97 Å². The lowest BCUT2D eigenvalue weighted by molar-refractivity contribution is -0.113. The first-order valence-corrected chi connectivity index (χ1v) is 8.71. The van der Waals surface area contributed by atoms with Crippen molar-refractivity contribution in [1.82, 2.24) is 19.5 Å². The number of amides is 1. The van der Waals surface area contributed by atoms with Crippen molar-refractivity contribution in [2.45, 2.75) is 0 Å². The standard InChI is InChI=1S/C21H16FN5O2/c1-27-17(11-26-21(27)22)19(29)13-4-2-12(3-5-13)15-8-16-14(6-7-18(23)28)9-24-20(16)25-10-15/h2-11H,1H3,(H2,23,28)(H,24,25)/b7-6+. The van der Waals surface area contributed by atoms with Crippen LogP contribution >= 0.6 is 0 Å². The number of pyridine rings is 1. The Morgan fingerprint density at radius 1 is 1.14 bits per heavy atom. The monoisotopic (exact) mass is 389 g/mol. The van der Waals surface area contributed by atoms with Gasteiger partial charge in [-0.15, -0.1) is 0 Å². The summed E-state index contributed by atoms with van der Waals surface area (Å²) in [7, 11) is 1.45. The van der Waals surface area contributed by atoms with E-state index in [0.29, 0.717) is 11.2 Å². The molecule has 0 saturated heterocycles. The molecule has 0 bridgehead atoms. The average molecular weight is 389 g/mol. The van der Waals surface area contributed by atoms with Crippen LogP contribution in [-0.2, 0) is 11.8 Å². The maximum absolute atomic E-state index is 13.4. The van der Waals surface area contributed by atoms with Gasteiger partial charge in [-0.3, -0.25) is 9.59 Å². The summed E-state index contributed by atoms with van der Waals surface area (Å²) in [6, 6.07) is 8.89. The minimum atomic E-state index is -0.711. The molecule has 3 heterocycles. The van der Waals surface area contributed by atoms with Gasteiger partial charge in [0.1, 0.15) is 11.3 Å². The van der Waals surface area contributed by atoms with Crippen molar-refractivity contribution >= 4 is 28.8 Å². The van der Waals surface area contributed by atoms with Crippen molar-refractivity contribution < 1.29 is 14.0 Å². The normalized spacial score (nSPS) is 11.4. The Balaban J connectivity index is 1.66. The SMILES string of the molecule is Cn1c(C(=O)c2ccc(-c3cnc4[nH]cc(/C=C/C(N)=O)c4c3)cc2)cnc1F. The number of hydrogen-bond acceptors (Lipinski definition) is 4. The number of nitrogens with zero attached hydrogens (tertiary/aromatic N) is 3. The second-order valence-corrected chi connectivity index (χ2v) is 6.48. The molecule has 0 spiro atoms. The molecule has 0 atom stereocenters. The number of carbonyl (C=O) groups excluding carboxylic acids is 2. The summed E-state index contributed by atoms with van der Waals surface area (Å²) in [5, 5.41) is 0.838. The highest BCUT2D eigenvalue weighted by Crippen LogP contribution is 2.26. The number of primary amides is 1. The number of imidazole rings is 1. The number of ketones is 1. The van der Waals surface area contributed by atoms with Crippen molar-refractivity contribution in [2.24, 2.45) is 12.8 Å². The van der Waals surface area contributed by atoms with Gasteiger partial charge in [0.25, 0.3) is 6.08 Å². The maximum Gasteiger partial charge on any atom is 0.289 e. The lowest BCUT2D eigenvalue weighted by atomic mass is 10.0. The van der Waals surface area contributed by atoms with Gasteiger partial charge < -0.3 is 15.3 Å². The summed E-state index contributed by atoms with van der Waals surface area (Å²) < 4.78 is 14.5. The predicted octanol–water partition coefficient (Wildman–Crippen LogP) is 2.83. The van der Waals surface area contributed by atoms with Crippen LogP contribution in [0.3, 0.4) is 0 Å². The Kier molecular flexibility index (Phi) is 4.52. The van der Waals surface area contributed by atoms with Crippen molar-refractivity contribution in [3.8, 4) is 11.1 Å². The van der Waals surface area contributed by atoms with E-state index in [2.05, 4.69) is 15.0 Å². The molecule has 0 fully saturated rings. The smallest absolute Gasteiger partial charge is 0.289 e. The Bertz CT molecular complexity index is 1270. The van der Waals surface area contributed by atoms with Gasteiger partial charge in [-0.1, -0.05) is 24.3 Å². The van der Waals surface area contributed by atoms with E-state index in [4.69, 9.17) is 5.73 Å². The molecule has 0 unspecified atom stereocenters. The molecule has 0 aliphatic heterocycles. The fourth-order valence-corrected chi connectivity index (χ4v) is 3.05. The Hall–Kier alpha value is -4.07. The summed E-state index contributed by atoms with van der Waals surface area (Å²) in [5.41, 5.74) is 8.94. The third-order valence-corrected chi connectivity index (χ3v) is 4.63. The molecular formula is C21H16FN5O2. The first kappa shape index (κ1) is 18.3. The summed E-state index contributed by atoms with van der Waals surface area (Å²) in [6.45, 7) is 0. The van der Waals surface area contributed by atoms with E-state index >= 15 is 0 Å². The second kappa shape index (κ2) is 7.16. The van der Waals surface area contributed by atoms with E-state index in [-0.39, 0.29) is 11.5 Å². The van der Waals surface area contributed by atoms with E-state index in [1.54, 1.807) is 42.7 Å². The van der Waals surface area contributed by atoms with Gasteiger partial charge in [0.05, 0.1) is 6.20 Å². The number of fused-ring (bicyclic) bond motifs is 1. The molecule has 0 aliphatic rings. The third kappa shape index (κ3) is 3.43. The average Bonchev–Trinajstić information content (AvgIpc) is 3.28. The number of hydrogen-bond donors (Lipinski definition) is 2. The predicted molar refractivity (Wildman–Crippen MR) is 106 cm³/mol. The highest BCUT2D eigenvalue weighted by atomic mass is 19.1. The van der Waals surface area contributed by atoms with E-state index in [1.165, 1.54) is 19.3 Å². The molecule has 4 rings (SSSR count). The highest BCUT2D eigenvalue weighted by Gasteiger charge is 2.16. The van der Waals surface area contributed by atoms with Crippen LogP contribution < -0.4 is 5.73 Å². The van der Waals surface area contributed by atoms with E-state index < -0.39 is 12.0 Å². The van der Waals surface area contributed by atoms with Crippen molar-refractivity contribution in [3.63, 3.8) is 0 Å². The summed E-state index contributed by atoms with van der Waals surface area (Å²) >= 11 is 0. The molecule has 0 saturated carbocycles. The van der Waals surface area contributed by atoms with Gasteiger partial charge in [0, 0.05) is 47.6 Å². The summed E-state index contributed by atoms with van der Waals surface area (Å²) in [6.07, 6.45) is 6.88. The number of halogens is 1. The molecule has 8 heteroatoms. The molecule has 1 aromatic carbocycles. The topological polar surface area (TPSA) is 107 Å². The van der Waals surface area contributed by atoms with Crippen LogP contribution in [0.15, 0.2) is 55.0 Å². The fraction of sp³-hybridized carbons (Fsp3) is 0.0476. The van der Waals surface area contributed by atoms with E-state index in [9.17, 15) is 14.0 Å². The summed E-state index contributed by atoms with van der Waals surface area (Å²) in [5.74, 6) is -0.842. The lowest BCUT2D eigenvalue weighted by Gasteiger charge is -2.05. The first-order chi connectivity index (χ1) is 13.9. The minimum absolute atomic E-state index is 0.177. The van der Waals surface area contributed by atoms with Gasteiger partial charge in [0.15, 0.2) is 0 Å². The molecule has 1 amide bonds. The number of rotatable bonds is 5. The zero-order chi connectivity index (χ0) is 20.5. The number of carbonyl (C=O) groups is 2. The number of nitrogens with one attached hydrogen (secondary N) is 1. The Morgan fingerprint density at radius 2 is 1.90 bits per heavy atom. The molecule has 3 N–H and O–H groups in total. The lowest BCUT2D eigenvalue weighted by Crippen LogP contribution is -2.08. The van der Waals surface area contributed by atoms with Crippen LogP contribution in [0.25, 0.3) is 28.2 Å². The van der Waals surface area contributed by atoms with Crippen LogP contribution in [-0.4, -0.2) is 31.2 Å². The van der Waals surface area contributed by atoms with Crippen LogP contribution in [0.5, 0.6) is 0 Å². The number of aromatic nitrogens is 4. The first-order valence-electron chi connectivity index (χ1n) is 8.71. The van der Waals surface area contributed by atoms with Crippen molar-refractivity contribution in [1.29, 1.82) is 0 Å². The van der Waals surface area contributed by atoms with Crippen molar-refractivity contribution in [3.05, 3.63) is 77.9 Å². The highest BCUT2D eigenvalue weighted by molar-refractivity contribution is 6.08. The molecule has 4 aromatic rings. The zero-order valence-electron chi connectivity index (χ0n) is 15.4. The van der Waals surface area contributed by atoms with Gasteiger partial charge in [-0.2, -0.15) is 4.39 Å². The molecule has 3 aromatic heterocycles. The number of aromatic amines is 1. The number of nitrogens with two attached hydrogens (primary N) is 1. The molecular weight excluding hydrogens is 373 g/mol. The third-order valence-electron chi connectivity index (χ3n) is 4.63. The number of H-pyrrole nitrogens is 1. The Morgan fingerprint density at radius 3 is 2.55 bits per heavy atom. The molecule has 0 radical (unpaired) electrons. The number of benzene rings is 1. The van der Waals surface area contributed by atoms with E-state index in [1.807, 2.05) is 6.07 Å². The zero-order valence-corrected chi connectivity index (χ0v) is 15.4. The molecule has 7 nitrogen and oxygen atoms in total. The van der Waals surface area contributed by atoms with Crippen molar-refractivity contribution in [2.75, 3.05) is 0 Å². The summed E-state index contributed by atoms with van der Waals surface area (Å²) in [4.78, 5) is 34.5. The van der Waals surface area contributed by atoms with Gasteiger partial charge in [-0.05, 0) is 17.7 Å². The molecule has 29 heavy (non-hydrogen) atoms. The van der Waals surface area contributed by atoms with Gasteiger partial charge in [0.2, 0.25) is 11.7 Å². The molecule has 0 aliphatic carbocycles. The maximum atomic E-state index is 13.4. The van der Waals surface area contributed by atoms with E-state index in [0.717, 1.165) is 26.6 Å². The Labute approximate surface area is 164 Å². The van der Waals surface area contributed by atoms with Gasteiger partial charge >= 0.3 is 0 Å². The van der Waals surface area contributed by atoms with Crippen LogP contribution in [0.4, 0.5) is 4.39 Å². The van der Waals surface area contributed by atoms with Crippen LogP contribution in [0, 0.1) is 6.08 Å². The van der Waals surface area contributed by atoms with Crippen LogP contribution in [0.1, 0.15) is 21.6 Å². The largest absolute Gasteiger partial charge is 0.366 e. The van der Waals surface area contributed by atoms with Crippen LogP contribution in [0.2, 0.25) is 0 Å². The minimum Gasteiger partial charge on any atom is -0.366 e. The molecule has 144 valence electrons.